The zero-order chi connectivity index (χ0) is 12.5. The normalized spacial score (nSPS) is 11.9. The minimum atomic E-state index is 0.0267. The van der Waals surface area contributed by atoms with E-state index < -0.39 is 0 Å². The molecule has 1 aromatic rings. The molecule has 0 aromatic heterocycles. The maximum absolute atomic E-state index is 11.4. The van der Waals surface area contributed by atoms with Crippen molar-refractivity contribution < 1.29 is 9.53 Å². The number of halogens is 1. The maximum Gasteiger partial charge on any atom is 0.223 e. The molecule has 0 aliphatic carbocycles. The fraction of sp³-hybridized carbons (Fsp3) is 0.462. The van der Waals surface area contributed by atoms with Gasteiger partial charge in [0.15, 0.2) is 0 Å². The second-order valence-corrected chi connectivity index (χ2v) is 5.02. The zero-order valence-electron chi connectivity index (χ0n) is 9.99. The van der Waals surface area contributed by atoms with Gasteiger partial charge in [0, 0.05) is 11.4 Å². The molecular weight excluding hydrogens is 282 g/mol. The molecule has 0 saturated carbocycles. The molecular formula is C13H18BrNO2. The first-order valence-corrected chi connectivity index (χ1v) is 6.72. The number of amides is 1. The van der Waals surface area contributed by atoms with Crippen LogP contribution in [-0.4, -0.2) is 23.9 Å². The van der Waals surface area contributed by atoms with Crippen molar-refractivity contribution in [3.63, 3.8) is 0 Å². The summed E-state index contributed by atoms with van der Waals surface area (Å²) in [6.07, 6.45) is 1.39. The lowest BCUT2D eigenvalue weighted by Gasteiger charge is -2.09. The van der Waals surface area contributed by atoms with E-state index in [9.17, 15) is 4.79 Å². The van der Waals surface area contributed by atoms with Crippen LogP contribution < -0.4 is 10.1 Å². The third-order valence-corrected chi connectivity index (χ3v) is 3.28. The van der Waals surface area contributed by atoms with Crippen molar-refractivity contribution in [3.8, 4) is 5.75 Å². The molecule has 1 N–H and O–H groups in total. The van der Waals surface area contributed by atoms with Crippen molar-refractivity contribution in [3.05, 3.63) is 30.3 Å². The Morgan fingerprint density at radius 1 is 1.41 bits per heavy atom. The van der Waals surface area contributed by atoms with Gasteiger partial charge in [0.2, 0.25) is 5.91 Å². The Kier molecular flexibility index (Phi) is 6.70. The lowest BCUT2D eigenvalue weighted by atomic mass is 10.3. The highest BCUT2D eigenvalue weighted by Gasteiger charge is 2.05. The van der Waals surface area contributed by atoms with Crippen LogP contribution in [0.5, 0.6) is 5.75 Å². The van der Waals surface area contributed by atoms with Gasteiger partial charge in [-0.05, 0) is 18.6 Å². The molecule has 0 heterocycles. The summed E-state index contributed by atoms with van der Waals surface area (Å²) in [5.74, 6) is 0.825. The molecule has 0 bridgehead atoms. The predicted octanol–water partition coefficient (Wildman–Crippen LogP) is 2.75. The number of hydrogen-bond acceptors (Lipinski definition) is 2. The maximum atomic E-state index is 11.4. The molecule has 3 nitrogen and oxygen atoms in total. The minimum Gasteiger partial charge on any atom is -0.493 e. The molecule has 1 aromatic carbocycles. The van der Waals surface area contributed by atoms with Crippen molar-refractivity contribution in [1.29, 1.82) is 0 Å². The second kappa shape index (κ2) is 8.12. The number of hydrogen-bond donors (Lipinski definition) is 1. The van der Waals surface area contributed by atoms with Crippen LogP contribution in [0.2, 0.25) is 0 Å². The Morgan fingerprint density at radius 3 is 2.76 bits per heavy atom. The van der Waals surface area contributed by atoms with Crippen LogP contribution in [0, 0.1) is 0 Å². The molecule has 17 heavy (non-hydrogen) atoms. The first-order valence-electron chi connectivity index (χ1n) is 5.81. The first kappa shape index (κ1) is 14.0. The standard InChI is InChI=1S/C13H18BrNO2/c1-2-11(14)10-15-13(16)8-9-17-12-6-4-3-5-7-12/h3-7,11H,2,8-10H2,1H3,(H,15,16). The predicted molar refractivity (Wildman–Crippen MR) is 72.6 cm³/mol. The van der Waals surface area contributed by atoms with E-state index in [1.807, 2.05) is 30.3 Å². The molecule has 0 aliphatic heterocycles. The average Bonchev–Trinajstić information content (AvgIpc) is 2.37. The molecule has 0 fully saturated rings. The van der Waals surface area contributed by atoms with Crippen molar-refractivity contribution in [2.24, 2.45) is 0 Å². The topological polar surface area (TPSA) is 38.3 Å². The fourth-order valence-electron chi connectivity index (χ4n) is 1.24. The summed E-state index contributed by atoms with van der Waals surface area (Å²) in [6, 6.07) is 9.51. The van der Waals surface area contributed by atoms with Gasteiger partial charge in [-0.25, -0.2) is 0 Å². The lowest BCUT2D eigenvalue weighted by Crippen LogP contribution is -2.30. The highest BCUT2D eigenvalue weighted by atomic mass is 79.9. The van der Waals surface area contributed by atoms with Gasteiger partial charge in [-0.15, -0.1) is 0 Å². The Morgan fingerprint density at radius 2 is 2.12 bits per heavy atom. The Balaban J connectivity index is 2.12. The smallest absolute Gasteiger partial charge is 0.223 e. The summed E-state index contributed by atoms with van der Waals surface area (Å²) in [5, 5.41) is 2.85. The summed E-state index contributed by atoms with van der Waals surface area (Å²) in [6.45, 7) is 3.15. The van der Waals surface area contributed by atoms with E-state index in [0.717, 1.165) is 12.2 Å². The van der Waals surface area contributed by atoms with Gasteiger partial charge in [-0.3, -0.25) is 4.79 Å². The summed E-state index contributed by atoms with van der Waals surface area (Å²) in [5.41, 5.74) is 0. The summed E-state index contributed by atoms with van der Waals surface area (Å²) in [4.78, 5) is 11.8. The van der Waals surface area contributed by atoms with Crippen molar-refractivity contribution in [1.82, 2.24) is 5.32 Å². The Bertz CT molecular complexity index is 329. The van der Waals surface area contributed by atoms with Crippen LogP contribution in [-0.2, 0) is 4.79 Å². The van der Waals surface area contributed by atoms with Crippen LogP contribution in [0.4, 0.5) is 0 Å². The van der Waals surface area contributed by atoms with Gasteiger partial charge < -0.3 is 10.1 Å². The number of para-hydroxylation sites is 1. The number of carbonyl (C=O) groups excluding carboxylic acids is 1. The number of alkyl halides is 1. The lowest BCUT2D eigenvalue weighted by molar-refractivity contribution is -0.121. The number of carbonyl (C=O) groups is 1. The van der Waals surface area contributed by atoms with E-state index in [1.165, 1.54) is 0 Å². The third-order valence-electron chi connectivity index (χ3n) is 2.30. The number of ether oxygens (including phenoxy) is 1. The molecule has 1 unspecified atom stereocenters. The molecule has 1 amide bonds. The van der Waals surface area contributed by atoms with Crippen LogP contribution in [0.1, 0.15) is 19.8 Å². The molecule has 4 heteroatoms. The molecule has 1 rings (SSSR count). The Labute approximate surface area is 111 Å². The first-order chi connectivity index (χ1) is 8.22. The minimum absolute atomic E-state index is 0.0267. The van der Waals surface area contributed by atoms with Crippen molar-refractivity contribution >= 4 is 21.8 Å². The quantitative estimate of drug-likeness (QED) is 0.786. The second-order valence-electron chi connectivity index (χ2n) is 3.72. The highest BCUT2D eigenvalue weighted by molar-refractivity contribution is 9.09. The molecule has 0 radical (unpaired) electrons. The van der Waals surface area contributed by atoms with Gasteiger partial charge in [0.1, 0.15) is 5.75 Å². The molecule has 0 saturated heterocycles. The van der Waals surface area contributed by atoms with E-state index >= 15 is 0 Å². The van der Waals surface area contributed by atoms with Crippen molar-refractivity contribution in [2.45, 2.75) is 24.6 Å². The average molecular weight is 300 g/mol. The van der Waals surface area contributed by atoms with E-state index in [1.54, 1.807) is 0 Å². The van der Waals surface area contributed by atoms with Gasteiger partial charge >= 0.3 is 0 Å². The van der Waals surface area contributed by atoms with E-state index in [-0.39, 0.29) is 5.91 Å². The molecule has 94 valence electrons. The number of rotatable bonds is 7. The molecule has 0 spiro atoms. The Hall–Kier alpha value is -1.03. The van der Waals surface area contributed by atoms with Crippen LogP contribution in [0.15, 0.2) is 30.3 Å². The van der Waals surface area contributed by atoms with Gasteiger partial charge in [-0.1, -0.05) is 41.1 Å². The van der Waals surface area contributed by atoms with E-state index in [2.05, 4.69) is 28.2 Å². The highest BCUT2D eigenvalue weighted by Crippen LogP contribution is 2.08. The fourth-order valence-corrected chi connectivity index (χ4v) is 1.40. The molecule has 0 aliphatic rings. The zero-order valence-corrected chi connectivity index (χ0v) is 11.6. The van der Waals surface area contributed by atoms with Crippen LogP contribution in [0.25, 0.3) is 0 Å². The van der Waals surface area contributed by atoms with Gasteiger partial charge in [-0.2, -0.15) is 0 Å². The summed E-state index contributed by atoms with van der Waals surface area (Å²) < 4.78 is 5.44. The largest absolute Gasteiger partial charge is 0.493 e. The van der Waals surface area contributed by atoms with Crippen LogP contribution in [0.3, 0.4) is 0 Å². The monoisotopic (exact) mass is 299 g/mol. The van der Waals surface area contributed by atoms with Crippen molar-refractivity contribution in [2.75, 3.05) is 13.2 Å². The summed E-state index contributed by atoms with van der Waals surface area (Å²) >= 11 is 3.46. The molecule has 1 atom stereocenters. The van der Waals surface area contributed by atoms with Crippen LogP contribution >= 0.6 is 15.9 Å². The number of benzene rings is 1. The summed E-state index contributed by atoms with van der Waals surface area (Å²) in [7, 11) is 0. The third kappa shape index (κ3) is 6.31. The number of nitrogens with one attached hydrogen (secondary N) is 1. The van der Waals surface area contributed by atoms with Gasteiger partial charge in [0.05, 0.1) is 13.0 Å². The SMILES string of the molecule is CCC(Br)CNC(=O)CCOc1ccccc1. The van der Waals surface area contributed by atoms with E-state index in [4.69, 9.17) is 4.74 Å². The van der Waals surface area contributed by atoms with E-state index in [0.29, 0.717) is 24.4 Å². The van der Waals surface area contributed by atoms with Gasteiger partial charge in [0.25, 0.3) is 0 Å².